The molecule has 138 valence electrons. The number of nitrogens with one attached hydrogen (secondary N) is 2. The molecule has 1 unspecified atom stereocenters. The summed E-state index contributed by atoms with van der Waals surface area (Å²) in [5.41, 5.74) is 1.19. The summed E-state index contributed by atoms with van der Waals surface area (Å²) in [7, 11) is 0. The molecular formula is C16H21Cl2FN4OS. The number of amides is 1. The quantitative estimate of drug-likeness (QED) is 0.800. The molecule has 1 aromatic heterocycles. The normalized spacial score (nSPS) is 16.4. The van der Waals surface area contributed by atoms with Crippen LogP contribution >= 0.6 is 36.6 Å². The van der Waals surface area contributed by atoms with Crippen molar-refractivity contribution >= 4 is 42.5 Å². The number of carbonyl (C=O) groups is 1. The van der Waals surface area contributed by atoms with Crippen LogP contribution < -0.4 is 10.6 Å². The van der Waals surface area contributed by atoms with Crippen LogP contribution in [0, 0.1) is 5.82 Å². The van der Waals surface area contributed by atoms with E-state index in [0.29, 0.717) is 18.7 Å². The number of hydrogen-bond acceptors (Lipinski definition) is 4. The first-order valence-electron chi connectivity index (χ1n) is 7.57. The van der Waals surface area contributed by atoms with E-state index in [4.69, 9.17) is 0 Å². The molecule has 1 saturated heterocycles. The molecule has 3 rings (SSSR count). The molecule has 5 nitrogen and oxygen atoms in total. The summed E-state index contributed by atoms with van der Waals surface area (Å²) < 4.78 is 15.8. The first-order chi connectivity index (χ1) is 11.2. The van der Waals surface area contributed by atoms with Gasteiger partial charge in [-0.3, -0.25) is 4.79 Å². The largest absolute Gasteiger partial charge is 0.352 e. The van der Waals surface area contributed by atoms with Gasteiger partial charge >= 0.3 is 0 Å². The van der Waals surface area contributed by atoms with Crippen LogP contribution in [0.4, 0.5) is 4.39 Å². The van der Waals surface area contributed by atoms with Gasteiger partial charge in [0.1, 0.15) is 5.82 Å². The van der Waals surface area contributed by atoms with Crippen molar-refractivity contribution in [3.63, 3.8) is 0 Å². The van der Waals surface area contributed by atoms with Crippen LogP contribution in [0.3, 0.4) is 0 Å². The van der Waals surface area contributed by atoms with E-state index in [1.54, 1.807) is 29.4 Å². The number of carbonyl (C=O) groups excluding carboxylic acids is 1. The van der Waals surface area contributed by atoms with Crippen molar-refractivity contribution in [3.05, 3.63) is 48.3 Å². The Morgan fingerprint density at radius 1 is 1.44 bits per heavy atom. The number of rotatable bonds is 5. The molecule has 1 aliphatic rings. The number of thioether (sulfide) groups is 1. The topological polar surface area (TPSA) is 59.0 Å². The average molecular weight is 407 g/mol. The van der Waals surface area contributed by atoms with E-state index >= 15 is 0 Å². The summed E-state index contributed by atoms with van der Waals surface area (Å²) in [6.45, 7) is 1.28. The van der Waals surface area contributed by atoms with E-state index < -0.39 is 0 Å². The third kappa shape index (κ3) is 6.18. The van der Waals surface area contributed by atoms with Crippen molar-refractivity contribution in [2.45, 2.75) is 19.0 Å². The van der Waals surface area contributed by atoms with Crippen LogP contribution in [0.1, 0.15) is 12.0 Å². The highest BCUT2D eigenvalue weighted by atomic mass is 35.5. The Labute approximate surface area is 163 Å². The number of imidazole rings is 1. The molecule has 1 aromatic carbocycles. The zero-order valence-electron chi connectivity index (χ0n) is 13.5. The van der Waals surface area contributed by atoms with Crippen LogP contribution in [0.15, 0.2) is 36.9 Å². The average Bonchev–Trinajstić information content (AvgIpc) is 3.08. The molecule has 0 radical (unpaired) electrons. The molecule has 25 heavy (non-hydrogen) atoms. The Hall–Kier alpha value is -1.28. The van der Waals surface area contributed by atoms with E-state index in [9.17, 15) is 9.18 Å². The fourth-order valence-electron chi connectivity index (χ4n) is 2.52. The maximum Gasteiger partial charge on any atom is 0.221 e. The molecule has 2 heterocycles. The number of nitrogens with zero attached hydrogens (tertiary/aromatic N) is 2. The minimum atomic E-state index is -0.333. The highest BCUT2D eigenvalue weighted by Gasteiger charge is 2.16. The predicted molar refractivity (Wildman–Crippen MR) is 104 cm³/mol. The molecule has 2 N–H and O–H groups in total. The van der Waals surface area contributed by atoms with E-state index in [1.165, 1.54) is 6.07 Å². The van der Waals surface area contributed by atoms with Crippen molar-refractivity contribution < 1.29 is 9.18 Å². The summed E-state index contributed by atoms with van der Waals surface area (Å²) in [6.07, 6.45) is 5.30. The maximum atomic E-state index is 14.1. The second-order valence-electron chi connectivity index (χ2n) is 5.46. The van der Waals surface area contributed by atoms with Crippen LogP contribution in [-0.4, -0.2) is 39.6 Å². The molecule has 1 fully saturated rings. The molecule has 1 amide bonds. The van der Waals surface area contributed by atoms with Crippen LogP contribution in [0.5, 0.6) is 0 Å². The fraction of sp³-hybridized carbons (Fsp3) is 0.375. The van der Waals surface area contributed by atoms with Crippen molar-refractivity contribution in [2.75, 3.05) is 18.1 Å². The third-order valence-electron chi connectivity index (χ3n) is 3.71. The van der Waals surface area contributed by atoms with Crippen molar-refractivity contribution in [3.8, 4) is 5.69 Å². The highest BCUT2D eigenvalue weighted by Crippen LogP contribution is 2.15. The maximum absolute atomic E-state index is 14.1. The SMILES string of the molecule is Cl.Cl.O=C(CC1CSCCN1)NCc1ccc(-n2ccnc2)c(F)c1. The van der Waals surface area contributed by atoms with Gasteiger partial charge in [0.2, 0.25) is 5.91 Å². The van der Waals surface area contributed by atoms with Gasteiger partial charge in [-0.2, -0.15) is 11.8 Å². The van der Waals surface area contributed by atoms with Crippen molar-refractivity contribution in [1.82, 2.24) is 20.2 Å². The van der Waals surface area contributed by atoms with Gasteiger partial charge < -0.3 is 15.2 Å². The lowest BCUT2D eigenvalue weighted by molar-refractivity contribution is -0.121. The van der Waals surface area contributed by atoms with E-state index in [1.807, 2.05) is 17.8 Å². The number of halogens is 3. The van der Waals surface area contributed by atoms with Gasteiger partial charge in [0.05, 0.1) is 12.0 Å². The second-order valence-corrected chi connectivity index (χ2v) is 6.61. The van der Waals surface area contributed by atoms with Crippen LogP contribution in [0.25, 0.3) is 5.69 Å². The molecule has 0 spiro atoms. The molecule has 2 aromatic rings. The summed E-state index contributed by atoms with van der Waals surface area (Å²) in [5, 5.41) is 6.18. The standard InChI is InChI=1S/C16H19FN4OS.2ClH/c17-14-7-12(1-2-15(14)21-5-3-18-11-21)9-20-16(22)8-13-10-23-6-4-19-13;;/h1-3,5,7,11,13,19H,4,6,8-10H2,(H,20,22);2*1H. The lowest BCUT2D eigenvalue weighted by Gasteiger charge is -2.22. The van der Waals surface area contributed by atoms with E-state index in [-0.39, 0.29) is 42.6 Å². The predicted octanol–water partition coefficient (Wildman–Crippen LogP) is 2.57. The molecule has 1 aliphatic heterocycles. The second kappa shape index (κ2) is 10.7. The first-order valence-corrected chi connectivity index (χ1v) is 8.72. The highest BCUT2D eigenvalue weighted by molar-refractivity contribution is 7.99. The minimum absolute atomic E-state index is 0. The van der Waals surface area contributed by atoms with Gasteiger partial charge in [-0.15, -0.1) is 24.8 Å². The Bertz CT molecular complexity index is 666. The van der Waals surface area contributed by atoms with Crippen molar-refractivity contribution in [2.24, 2.45) is 0 Å². The van der Waals surface area contributed by atoms with Crippen LogP contribution in [0.2, 0.25) is 0 Å². The van der Waals surface area contributed by atoms with Gasteiger partial charge in [0.25, 0.3) is 0 Å². The third-order valence-corrected chi connectivity index (χ3v) is 4.85. The molecule has 0 saturated carbocycles. The lowest BCUT2D eigenvalue weighted by Crippen LogP contribution is -2.41. The van der Waals surface area contributed by atoms with Gasteiger partial charge in [-0.05, 0) is 17.7 Å². The zero-order chi connectivity index (χ0) is 16.1. The summed E-state index contributed by atoms with van der Waals surface area (Å²) in [4.78, 5) is 15.9. The number of aromatic nitrogens is 2. The van der Waals surface area contributed by atoms with Gasteiger partial charge in [0.15, 0.2) is 0 Å². The van der Waals surface area contributed by atoms with Gasteiger partial charge in [-0.25, -0.2) is 9.37 Å². The fourth-order valence-corrected chi connectivity index (χ4v) is 3.47. The Balaban J connectivity index is 0.00000156. The zero-order valence-corrected chi connectivity index (χ0v) is 15.9. The minimum Gasteiger partial charge on any atom is -0.352 e. The summed E-state index contributed by atoms with van der Waals surface area (Å²) in [5.74, 6) is 1.71. The molecule has 0 bridgehead atoms. The number of benzene rings is 1. The lowest BCUT2D eigenvalue weighted by atomic mass is 10.1. The Kier molecular flexibility index (Phi) is 9.27. The molecule has 0 aliphatic carbocycles. The number of hydrogen-bond donors (Lipinski definition) is 2. The summed E-state index contributed by atoms with van der Waals surface area (Å²) in [6, 6.07) is 5.18. The molecule has 9 heteroatoms. The van der Waals surface area contributed by atoms with E-state index in [2.05, 4.69) is 15.6 Å². The Morgan fingerprint density at radius 3 is 2.92 bits per heavy atom. The Morgan fingerprint density at radius 2 is 2.28 bits per heavy atom. The van der Waals surface area contributed by atoms with Crippen LogP contribution in [-0.2, 0) is 11.3 Å². The smallest absolute Gasteiger partial charge is 0.221 e. The van der Waals surface area contributed by atoms with Gasteiger partial charge in [-0.1, -0.05) is 6.07 Å². The monoisotopic (exact) mass is 406 g/mol. The van der Waals surface area contributed by atoms with Crippen molar-refractivity contribution in [1.29, 1.82) is 0 Å². The molecule has 1 atom stereocenters. The molecular weight excluding hydrogens is 386 g/mol. The van der Waals surface area contributed by atoms with E-state index in [0.717, 1.165) is 23.6 Å². The first kappa shape index (κ1) is 21.8. The van der Waals surface area contributed by atoms with Gasteiger partial charge in [0, 0.05) is 49.5 Å². The summed E-state index contributed by atoms with van der Waals surface area (Å²) >= 11 is 1.86.